The number of hydrogen-bond acceptors (Lipinski definition) is 8. The summed E-state index contributed by atoms with van der Waals surface area (Å²) in [7, 11) is 0. The molecule has 24 heavy (non-hydrogen) atoms. The van der Waals surface area contributed by atoms with Crippen molar-refractivity contribution in [2.24, 2.45) is 5.10 Å². The van der Waals surface area contributed by atoms with E-state index < -0.39 is 36.9 Å². The molecule has 9 nitrogen and oxygen atoms in total. The topological polar surface area (TPSA) is 169 Å². The normalized spacial score (nSPS) is 16.6. The quantitative estimate of drug-likeness (QED) is 0.151. The molecular formula is C13H17Br2N3O6. The molecule has 0 aliphatic rings. The van der Waals surface area contributed by atoms with E-state index in [1.807, 2.05) is 0 Å². The summed E-state index contributed by atoms with van der Waals surface area (Å²) in [5.74, 6) is -0.664. The number of anilines is 1. The first-order valence-corrected chi connectivity index (χ1v) is 8.18. The molecule has 0 heterocycles. The summed E-state index contributed by atoms with van der Waals surface area (Å²) in [6.45, 7) is -0.796. The maximum atomic E-state index is 12.0. The SMILES string of the molecule is Nc1c(Br)cc(Br)cc1C(=O)N/N=C/[C@@H](O)[C@@H](O)[C@H](O)[C@H](O)CO. The third-order valence-corrected chi connectivity index (χ3v) is 4.13. The van der Waals surface area contributed by atoms with Crippen LogP contribution in [0.15, 0.2) is 26.2 Å². The van der Waals surface area contributed by atoms with Crippen molar-refractivity contribution in [2.45, 2.75) is 24.4 Å². The van der Waals surface area contributed by atoms with Crippen molar-refractivity contribution in [3.8, 4) is 0 Å². The summed E-state index contributed by atoms with van der Waals surface area (Å²) in [6, 6.07) is 3.13. The zero-order chi connectivity index (χ0) is 18.4. The number of halogens is 2. The van der Waals surface area contributed by atoms with E-state index in [9.17, 15) is 25.2 Å². The number of aliphatic hydroxyl groups excluding tert-OH is 5. The van der Waals surface area contributed by atoms with Gasteiger partial charge in [0.05, 0.1) is 24.1 Å². The Labute approximate surface area is 154 Å². The van der Waals surface area contributed by atoms with Crippen LogP contribution in [0, 0.1) is 0 Å². The lowest BCUT2D eigenvalue weighted by Gasteiger charge is -2.23. The van der Waals surface area contributed by atoms with Crippen molar-refractivity contribution in [1.29, 1.82) is 0 Å². The van der Waals surface area contributed by atoms with E-state index in [1.54, 1.807) is 6.07 Å². The predicted molar refractivity (Wildman–Crippen MR) is 93.3 cm³/mol. The molecule has 0 fully saturated rings. The molecule has 0 radical (unpaired) electrons. The summed E-state index contributed by atoms with van der Waals surface area (Å²) in [4.78, 5) is 12.0. The second kappa shape index (κ2) is 9.42. The molecule has 134 valence electrons. The minimum atomic E-state index is -1.81. The summed E-state index contributed by atoms with van der Waals surface area (Å²) in [5, 5.41) is 50.0. The molecule has 1 aromatic rings. The molecule has 1 amide bonds. The average molecular weight is 471 g/mol. The van der Waals surface area contributed by atoms with Crippen molar-refractivity contribution in [2.75, 3.05) is 12.3 Å². The van der Waals surface area contributed by atoms with Gasteiger partial charge < -0.3 is 31.3 Å². The van der Waals surface area contributed by atoms with Crippen LogP contribution in [-0.4, -0.2) is 68.7 Å². The Balaban J connectivity index is 2.71. The maximum Gasteiger partial charge on any atom is 0.273 e. The number of benzene rings is 1. The Bertz CT molecular complexity index is 616. The second-order valence-corrected chi connectivity index (χ2v) is 6.56. The van der Waals surface area contributed by atoms with E-state index in [-0.39, 0.29) is 11.3 Å². The number of nitrogens with two attached hydrogens (primary N) is 1. The van der Waals surface area contributed by atoms with Crippen LogP contribution in [0.1, 0.15) is 10.4 Å². The minimum absolute atomic E-state index is 0.124. The number of hydrazone groups is 1. The Morgan fingerprint density at radius 1 is 1.25 bits per heavy atom. The smallest absolute Gasteiger partial charge is 0.273 e. The standard InChI is InChI=1S/C13H17Br2N3O6/c14-5-1-6(10(16)7(15)2-5)13(24)18-17-3-8(20)11(22)12(23)9(21)4-19/h1-3,8-9,11-12,19-23H,4,16H2,(H,18,24)/b17-3+/t8-,9-,11-,12-/m1/s1. The van der Waals surface area contributed by atoms with Crippen LogP contribution in [0.5, 0.6) is 0 Å². The Morgan fingerprint density at radius 2 is 1.88 bits per heavy atom. The molecule has 0 aliphatic heterocycles. The van der Waals surface area contributed by atoms with Crippen LogP contribution < -0.4 is 11.2 Å². The molecule has 0 spiro atoms. The highest BCUT2D eigenvalue weighted by molar-refractivity contribution is 9.11. The maximum absolute atomic E-state index is 12.0. The molecule has 11 heteroatoms. The molecule has 8 N–H and O–H groups in total. The van der Waals surface area contributed by atoms with E-state index in [4.69, 9.17) is 10.8 Å². The van der Waals surface area contributed by atoms with Crippen LogP contribution in [0.3, 0.4) is 0 Å². The fourth-order valence-corrected chi connectivity index (χ4v) is 2.86. The monoisotopic (exact) mass is 469 g/mol. The molecule has 0 aromatic heterocycles. The van der Waals surface area contributed by atoms with Crippen LogP contribution >= 0.6 is 31.9 Å². The largest absolute Gasteiger partial charge is 0.397 e. The van der Waals surface area contributed by atoms with Gasteiger partial charge in [0.1, 0.15) is 24.4 Å². The first kappa shape index (κ1) is 21.0. The molecular weight excluding hydrogens is 454 g/mol. The van der Waals surface area contributed by atoms with Gasteiger partial charge in [-0.25, -0.2) is 5.43 Å². The number of nitrogen functional groups attached to an aromatic ring is 1. The Hall–Kier alpha value is -1.08. The van der Waals surface area contributed by atoms with E-state index in [0.717, 1.165) is 6.21 Å². The second-order valence-electron chi connectivity index (χ2n) is 4.79. The molecule has 0 bridgehead atoms. The Kier molecular flexibility index (Phi) is 8.22. The predicted octanol–water partition coefficient (Wildman–Crippen LogP) is -1.05. The number of hydrogen-bond donors (Lipinski definition) is 7. The van der Waals surface area contributed by atoms with Gasteiger partial charge >= 0.3 is 0 Å². The van der Waals surface area contributed by atoms with Crippen LogP contribution in [0.25, 0.3) is 0 Å². The van der Waals surface area contributed by atoms with E-state index in [1.165, 1.54) is 6.07 Å². The first-order valence-electron chi connectivity index (χ1n) is 6.60. The van der Waals surface area contributed by atoms with E-state index >= 15 is 0 Å². The van der Waals surface area contributed by atoms with Gasteiger partial charge in [0.15, 0.2) is 0 Å². The van der Waals surface area contributed by atoms with E-state index in [0.29, 0.717) is 8.95 Å². The van der Waals surface area contributed by atoms with Crippen molar-refractivity contribution < 1.29 is 30.3 Å². The fraction of sp³-hybridized carbons (Fsp3) is 0.385. The zero-order valence-electron chi connectivity index (χ0n) is 12.2. The molecule has 1 aromatic carbocycles. The number of amides is 1. The molecule has 0 saturated heterocycles. The van der Waals surface area contributed by atoms with Crippen LogP contribution in [0.2, 0.25) is 0 Å². The van der Waals surface area contributed by atoms with Gasteiger partial charge in [-0.15, -0.1) is 0 Å². The van der Waals surface area contributed by atoms with Crippen molar-refractivity contribution in [3.05, 3.63) is 26.6 Å². The number of carbonyl (C=O) groups is 1. The molecule has 1 rings (SSSR count). The van der Waals surface area contributed by atoms with Gasteiger partial charge in [0.2, 0.25) is 0 Å². The third-order valence-electron chi connectivity index (χ3n) is 3.01. The fourth-order valence-electron chi connectivity index (χ4n) is 1.63. The molecule has 0 saturated carbocycles. The number of nitrogens with zero attached hydrogens (tertiary/aromatic N) is 1. The lowest BCUT2D eigenvalue weighted by atomic mass is 10.0. The van der Waals surface area contributed by atoms with Crippen LogP contribution in [0.4, 0.5) is 5.69 Å². The van der Waals surface area contributed by atoms with Gasteiger partial charge in [0.25, 0.3) is 5.91 Å². The average Bonchev–Trinajstić information content (AvgIpc) is 2.55. The van der Waals surface area contributed by atoms with E-state index in [2.05, 4.69) is 42.4 Å². The van der Waals surface area contributed by atoms with Crippen molar-refractivity contribution in [1.82, 2.24) is 5.43 Å². The molecule has 4 atom stereocenters. The third kappa shape index (κ3) is 5.48. The zero-order valence-corrected chi connectivity index (χ0v) is 15.3. The highest BCUT2D eigenvalue weighted by atomic mass is 79.9. The highest BCUT2D eigenvalue weighted by Crippen LogP contribution is 2.28. The minimum Gasteiger partial charge on any atom is -0.397 e. The molecule has 0 unspecified atom stereocenters. The Morgan fingerprint density at radius 3 is 2.46 bits per heavy atom. The van der Waals surface area contributed by atoms with Gasteiger partial charge in [-0.1, -0.05) is 15.9 Å². The first-order chi connectivity index (χ1) is 11.2. The van der Waals surface area contributed by atoms with Crippen molar-refractivity contribution in [3.63, 3.8) is 0 Å². The summed E-state index contributed by atoms with van der Waals surface area (Å²) < 4.78 is 1.11. The van der Waals surface area contributed by atoms with Crippen LogP contribution in [-0.2, 0) is 0 Å². The number of rotatable bonds is 7. The number of nitrogens with one attached hydrogen (secondary N) is 1. The van der Waals surface area contributed by atoms with Gasteiger partial charge in [-0.2, -0.15) is 5.10 Å². The number of aliphatic hydroxyl groups is 5. The summed E-state index contributed by atoms with van der Waals surface area (Å²) >= 11 is 6.41. The lowest BCUT2D eigenvalue weighted by Crippen LogP contribution is -2.46. The summed E-state index contributed by atoms with van der Waals surface area (Å²) in [6.07, 6.45) is -6.15. The number of carbonyl (C=O) groups excluding carboxylic acids is 1. The molecule has 0 aliphatic carbocycles. The summed E-state index contributed by atoms with van der Waals surface area (Å²) in [5.41, 5.74) is 8.18. The van der Waals surface area contributed by atoms with Crippen molar-refractivity contribution >= 4 is 49.7 Å². The van der Waals surface area contributed by atoms with Gasteiger partial charge in [-0.3, -0.25) is 4.79 Å². The lowest BCUT2D eigenvalue weighted by molar-refractivity contribution is -0.0999. The van der Waals surface area contributed by atoms with Gasteiger partial charge in [-0.05, 0) is 28.1 Å². The highest BCUT2D eigenvalue weighted by Gasteiger charge is 2.29. The van der Waals surface area contributed by atoms with Gasteiger partial charge in [0, 0.05) is 8.95 Å².